The zero-order valence-corrected chi connectivity index (χ0v) is 19.6. The van der Waals surface area contributed by atoms with E-state index in [4.69, 9.17) is 4.74 Å². The molecule has 1 aliphatic heterocycles. The first-order valence-corrected chi connectivity index (χ1v) is 11.7. The van der Waals surface area contributed by atoms with Crippen molar-refractivity contribution in [1.82, 2.24) is 9.88 Å². The fraction of sp³-hybridized carbons (Fsp3) is 0.280. The molecule has 0 unspecified atom stereocenters. The number of anilines is 1. The second kappa shape index (κ2) is 9.54. The van der Waals surface area contributed by atoms with Gasteiger partial charge in [0.2, 0.25) is 0 Å². The van der Waals surface area contributed by atoms with Crippen molar-refractivity contribution in [2.75, 3.05) is 18.5 Å². The number of carbonyl (C=O) groups excluding carboxylic acids is 3. The molecule has 7 nitrogen and oxygen atoms in total. The Kier molecular flexibility index (Phi) is 6.55. The van der Waals surface area contributed by atoms with Gasteiger partial charge in [-0.15, -0.1) is 11.3 Å². The number of aryl methyl sites for hydroxylation is 1. The average molecular weight is 464 g/mol. The van der Waals surface area contributed by atoms with Gasteiger partial charge in [-0.25, -0.2) is 9.78 Å². The van der Waals surface area contributed by atoms with Crippen molar-refractivity contribution >= 4 is 34.8 Å². The van der Waals surface area contributed by atoms with E-state index in [0.29, 0.717) is 41.2 Å². The summed E-state index contributed by atoms with van der Waals surface area (Å²) in [6.07, 6.45) is 0.862. The van der Waals surface area contributed by atoms with E-state index in [2.05, 4.69) is 21.7 Å². The summed E-state index contributed by atoms with van der Waals surface area (Å²) in [4.78, 5) is 45.5. The smallest absolute Gasteiger partial charge is 0.339 e. The molecule has 0 radical (unpaired) electrons. The van der Waals surface area contributed by atoms with Gasteiger partial charge in [0.1, 0.15) is 5.69 Å². The summed E-state index contributed by atoms with van der Waals surface area (Å²) in [7, 11) is 0. The molecule has 0 saturated heterocycles. The van der Waals surface area contributed by atoms with E-state index in [9.17, 15) is 14.4 Å². The van der Waals surface area contributed by atoms with Crippen molar-refractivity contribution in [1.29, 1.82) is 0 Å². The Balaban J connectivity index is 1.51. The Morgan fingerprint density at radius 3 is 2.70 bits per heavy atom. The van der Waals surface area contributed by atoms with Crippen LogP contribution in [0.15, 0.2) is 41.8 Å². The highest BCUT2D eigenvalue weighted by molar-refractivity contribution is 7.10. The van der Waals surface area contributed by atoms with Gasteiger partial charge in [0.15, 0.2) is 0 Å². The normalized spacial score (nSPS) is 12.8. The van der Waals surface area contributed by atoms with E-state index in [1.165, 1.54) is 22.6 Å². The van der Waals surface area contributed by atoms with Crippen LogP contribution in [0.4, 0.5) is 5.69 Å². The fourth-order valence-electron chi connectivity index (χ4n) is 3.89. The van der Waals surface area contributed by atoms with Gasteiger partial charge < -0.3 is 15.0 Å². The number of thiophene rings is 1. The number of ether oxygens (including phenoxy) is 1. The summed E-state index contributed by atoms with van der Waals surface area (Å²) < 4.78 is 5.01. The van der Waals surface area contributed by atoms with Crippen LogP contribution in [0.25, 0.3) is 0 Å². The third-order valence-electron chi connectivity index (χ3n) is 5.72. The molecule has 0 spiro atoms. The zero-order valence-electron chi connectivity index (χ0n) is 18.8. The van der Waals surface area contributed by atoms with Gasteiger partial charge in [0, 0.05) is 29.2 Å². The fourth-order valence-corrected chi connectivity index (χ4v) is 4.78. The van der Waals surface area contributed by atoms with Crippen LogP contribution in [-0.2, 0) is 17.7 Å². The molecular weight excluding hydrogens is 438 g/mol. The first kappa shape index (κ1) is 22.7. The minimum atomic E-state index is -0.469. The first-order chi connectivity index (χ1) is 15.9. The largest absolute Gasteiger partial charge is 0.462 e. The van der Waals surface area contributed by atoms with E-state index in [-0.39, 0.29) is 18.2 Å². The maximum absolute atomic E-state index is 13.2. The van der Waals surface area contributed by atoms with Gasteiger partial charge in [-0.05, 0) is 74.0 Å². The van der Waals surface area contributed by atoms with Crippen LogP contribution in [-0.4, -0.2) is 40.8 Å². The number of aromatic nitrogens is 1. The highest BCUT2D eigenvalue weighted by atomic mass is 32.1. The predicted molar refractivity (Wildman–Crippen MR) is 127 cm³/mol. The molecule has 1 aromatic carbocycles. The van der Waals surface area contributed by atoms with Crippen molar-refractivity contribution in [2.45, 2.75) is 33.7 Å². The second-order valence-corrected chi connectivity index (χ2v) is 8.83. The number of fused-ring (bicyclic) bond motifs is 1. The molecule has 33 heavy (non-hydrogen) atoms. The van der Waals surface area contributed by atoms with E-state index >= 15 is 0 Å². The topological polar surface area (TPSA) is 88.6 Å². The molecule has 0 bridgehead atoms. The Bertz CT molecular complexity index is 1230. The summed E-state index contributed by atoms with van der Waals surface area (Å²) in [6, 6.07) is 10.4. The number of nitrogens with one attached hydrogen (secondary N) is 1. The molecule has 8 heteroatoms. The van der Waals surface area contributed by atoms with Crippen molar-refractivity contribution < 1.29 is 19.1 Å². The number of amides is 2. The van der Waals surface area contributed by atoms with Crippen LogP contribution in [0.5, 0.6) is 0 Å². The van der Waals surface area contributed by atoms with Gasteiger partial charge in [-0.1, -0.05) is 6.07 Å². The highest BCUT2D eigenvalue weighted by Gasteiger charge is 2.24. The summed E-state index contributed by atoms with van der Waals surface area (Å²) >= 11 is 1.73. The molecule has 2 amide bonds. The summed E-state index contributed by atoms with van der Waals surface area (Å²) in [5, 5.41) is 4.92. The number of benzene rings is 1. The molecule has 1 aliphatic rings. The quantitative estimate of drug-likeness (QED) is 0.567. The molecule has 0 atom stereocenters. The van der Waals surface area contributed by atoms with Crippen LogP contribution < -0.4 is 5.32 Å². The summed E-state index contributed by atoms with van der Waals surface area (Å²) in [5.74, 6) is -0.931. The molecule has 4 rings (SSSR count). The van der Waals surface area contributed by atoms with Crippen molar-refractivity contribution in [2.24, 2.45) is 0 Å². The number of esters is 1. The Hall–Kier alpha value is -3.52. The third-order valence-corrected chi connectivity index (χ3v) is 6.74. The van der Waals surface area contributed by atoms with Gasteiger partial charge in [0.25, 0.3) is 11.8 Å². The molecule has 3 aromatic rings. The van der Waals surface area contributed by atoms with Gasteiger partial charge in [0.05, 0.1) is 17.9 Å². The second-order valence-electron chi connectivity index (χ2n) is 7.83. The van der Waals surface area contributed by atoms with Crippen LogP contribution in [0.1, 0.15) is 59.8 Å². The van der Waals surface area contributed by atoms with Crippen LogP contribution >= 0.6 is 11.3 Å². The molecule has 0 aliphatic carbocycles. The van der Waals surface area contributed by atoms with Crippen LogP contribution in [0.2, 0.25) is 0 Å². The average Bonchev–Trinajstić information content (AvgIpc) is 3.28. The number of pyridine rings is 1. The molecule has 0 fully saturated rings. The Morgan fingerprint density at radius 2 is 1.94 bits per heavy atom. The summed E-state index contributed by atoms with van der Waals surface area (Å²) in [5.41, 5.74) is 3.94. The number of hydrogen-bond donors (Lipinski definition) is 1. The predicted octanol–water partition coefficient (Wildman–Crippen LogP) is 4.39. The minimum Gasteiger partial charge on any atom is -0.462 e. The first-order valence-electron chi connectivity index (χ1n) is 10.8. The number of rotatable bonds is 5. The van der Waals surface area contributed by atoms with E-state index < -0.39 is 11.9 Å². The maximum Gasteiger partial charge on any atom is 0.339 e. The van der Waals surface area contributed by atoms with Crippen molar-refractivity contribution in [3.8, 4) is 0 Å². The zero-order chi connectivity index (χ0) is 23.5. The Morgan fingerprint density at radius 1 is 1.12 bits per heavy atom. The SMILES string of the molecule is CCOC(=O)c1ccc(C(=O)Nc2cccc(C(=O)N3CCc4sccc4C3)c2C)nc1C. The molecule has 1 N–H and O–H groups in total. The highest BCUT2D eigenvalue weighted by Crippen LogP contribution is 2.27. The van der Waals surface area contributed by atoms with Crippen molar-refractivity contribution in [3.63, 3.8) is 0 Å². The number of hydrogen-bond acceptors (Lipinski definition) is 6. The molecule has 170 valence electrons. The standard InChI is InChI=1S/C25H25N3O4S/c1-4-32-25(31)19-8-9-21(26-16(19)3)23(29)27-20-7-5-6-18(15(20)2)24(30)28-12-10-22-17(14-28)11-13-33-22/h5-9,11,13H,4,10,12,14H2,1-3H3,(H,27,29). The monoisotopic (exact) mass is 463 g/mol. The lowest BCUT2D eigenvalue weighted by atomic mass is 10.0. The van der Waals surface area contributed by atoms with E-state index in [1.54, 1.807) is 43.4 Å². The van der Waals surface area contributed by atoms with Gasteiger partial charge >= 0.3 is 5.97 Å². The number of carbonyl (C=O) groups is 3. The van der Waals surface area contributed by atoms with Crippen molar-refractivity contribution in [3.05, 3.63) is 80.3 Å². The number of nitrogens with zero attached hydrogens (tertiary/aromatic N) is 2. The molecule has 3 heterocycles. The van der Waals surface area contributed by atoms with Crippen LogP contribution in [0.3, 0.4) is 0 Å². The molecular formula is C25H25N3O4S. The Labute approximate surface area is 196 Å². The maximum atomic E-state index is 13.2. The third kappa shape index (κ3) is 4.66. The lowest BCUT2D eigenvalue weighted by molar-refractivity contribution is 0.0524. The van der Waals surface area contributed by atoms with E-state index in [1.807, 2.05) is 11.8 Å². The summed E-state index contributed by atoms with van der Waals surface area (Å²) in [6.45, 7) is 6.76. The lowest BCUT2D eigenvalue weighted by Gasteiger charge is -2.28. The van der Waals surface area contributed by atoms with E-state index in [0.717, 1.165) is 6.42 Å². The lowest BCUT2D eigenvalue weighted by Crippen LogP contribution is -2.35. The molecule has 2 aromatic heterocycles. The minimum absolute atomic E-state index is 0.0480. The van der Waals surface area contributed by atoms with Gasteiger partial charge in [-0.2, -0.15) is 0 Å². The van der Waals surface area contributed by atoms with Gasteiger partial charge in [-0.3, -0.25) is 9.59 Å². The molecule has 0 saturated carbocycles. The van der Waals surface area contributed by atoms with Crippen LogP contribution in [0, 0.1) is 13.8 Å².